The predicted molar refractivity (Wildman–Crippen MR) is 116 cm³/mol. The summed E-state index contributed by atoms with van der Waals surface area (Å²) in [5.74, 6) is -1.17. The second kappa shape index (κ2) is 10.7. The topological polar surface area (TPSA) is 55.9 Å². The predicted octanol–water partition coefficient (Wildman–Crippen LogP) is 2.83. The Kier molecular flexibility index (Phi) is 7.95. The van der Waals surface area contributed by atoms with Gasteiger partial charge in [-0.3, -0.25) is 19.4 Å². The van der Waals surface area contributed by atoms with Crippen molar-refractivity contribution in [1.82, 2.24) is 14.7 Å². The fourth-order valence-corrected chi connectivity index (χ4v) is 3.68. The van der Waals surface area contributed by atoms with Gasteiger partial charge in [0.25, 0.3) is 0 Å². The molecule has 1 N–H and O–H groups in total. The zero-order chi connectivity index (χ0) is 22.4. The molecule has 6 nitrogen and oxygen atoms in total. The van der Waals surface area contributed by atoms with E-state index in [0.29, 0.717) is 49.0 Å². The van der Waals surface area contributed by atoms with E-state index in [1.807, 2.05) is 0 Å². The normalized spacial score (nSPS) is 14.7. The molecule has 1 aliphatic heterocycles. The Morgan fingerprint density at radius 2 is 1.77 bits per heavy atom. The number of nitrogens with one attached hydrogen (secondary N) is 1. The third-order valence-corrected chi connectivity index (χ3v) is 5.45. The summed E-state index contributed by atoms with van der Waals surface area (Å²) in [4.78, 5) is 30.1. The fraction of sp³-hybridized carbons (Fsp3) is 0.364. The van der Waals surface area contributed by atoms with Crippen LogP contribution in [0.4, 0.5) is 14.5 Å². The van der Waals surface area contributed by atoms with Gasteiger partial charge < -0.3 is 10.2 Å². The van der Waals surface area contributed by atoms with Crippen LogP contribution in [0.25, 0.3) is 0 Å². The lowest BCUT2D eigenvalue weighted by atomic mass is 10.2. The standard InChI is InChI=1S/C22H25ClF2N4O2/c1-27(14-21(30)26-17-5-2-4-16(24)12-17)15-22(31)29-10-8-28(9-11-29)13-18-19(23)6-3-7-20(18)25/h2-7,12H,8-11,13-15H2,1H3,(H,26,30). The second-order valence-corrected chi connectivity index (χ2v) is 8.00. The number of carbonyl (C=O) groups excluding carboxylic acids is 2. The monoisotopic (exact) mass is 450 g/mol. The van der Waals surface area contributed by atoms with Crippen LogP contribution in [0, 0.1) is 11.6 Å². The molecule has 2 aromatic rings. The van der Waals surface area contributed by atoms with Crippen LogP contribution in [-0.4, -0.2) is 72.8 Å². The molecule has 0 atom stereocenters. The van der Waals surface area contributed by atoms with Crippen molar-refractivity contribution in [2.24, 2.45) is 0 Å². The number of carbonyl (C=O) groups is 2. The first-order chi connectivity index (χ1) is 14.8. The number of hydrogen-bond donors (Lipinski definition) is 1. The molecule has 1 heterocycles. The molecule has 0 radical (unpaired) electrons. The van der Waals surface area contributed by atoms with E-state index < -0.39 is 5.82 Å². The molecule has 0 aromatic heterocycles. The average Bonchev–Trinajstić information content (AvgIpc) is 2.71. The van der Waals surface area contributed by atoms with E-state index in [1.165, 1.54) is 24.3 Å². The van der Waals surface area contributed by atoms with Gasteiger partial charge >= 0.3 is 0 Å². The van der Waals surface area contributed by atoms with Crippen molar-refractivity contribution in [2.45, 2.75) is 6.54 Å². The van der Waals surface area contributed by atoms with Crippen LogP contribution in [0.3, 0.4) is 0 Å². The lowest BCUT2D eigenvalue weighted by molar-refractivity contribution is -0.134. The van der Waals surface area contributed by atoms with E-state index >= 15 is 0 Å². The zero-order valence-corrected chi connectivity index (χ0v) is 18.0. The fourth-order valence-electron chi connectivity index (χ4n) is 3.46. The lowest BCUT2D eigenvalue weighted by Crippen LogP contribution is -2.51. The van der Waals surface area contributed by atoms with Crippen LogP contribution in [0.1, 0.15) is 5.56 Å². The van der Waals surface area contributed by atoms with Crippen molar-refractivity contribution < 1.29 is 18.4 Å². The Bertz CT molecular complexity index is 915. The first kappa shape index (κ1) is 23.1. The van der Waals surface area contributed by atoms with Crippen molar-refractivity contribution in [3.05, 3.63) is 64.7 Å². The van der Waals surface area contributed by atoms with E-state index in [0.717, 1.165) is 0 Å². The van der Waals surface area contributed by atoms with Gasteiger partial charge in [-0.2, -0.15) is 0 Å². The Hall–Kier alpha value is -2.55. The molecule has 0 spiro atoms. The molecule has 2 amide bonds. The number of piperazine rings is 1. The van der Waals surface area contributed by atoms with Gasteiger partial charge in [-0.15, -0.1) is 0 Å². The number of halogens is 3. The zero-order valence-electron chi connectivity index (χ0n) is 17.3. The highest BCUT2D eigenvalue weighted by molar-refractivity contribution is 6.31. The number of benzene rings is 2. The summed E-state index contributed by atoms with van der Waals surface area (Å²) >= 11 is 6.10. The first-order valence-electron chi connectivity index (χ1n) is 9.99. The highest BCUT2D eigenvalue weighted by Gasteiger charge is 2.23. The van der Waals surface area contributed by atoms with Gasteiger partial charge in [-0.05, 0) is 37.4 Å². The molecular formula is C22H25ClF2N4O2. The number of rotatable bonds is 7. The second-order valence-electron chi connectivity index (χ2n) is 7.59. The van der Waals surface area contributed by atoms with Gasteiger partial charge in [0.15, 0.2) is 0 Å². The summed E-state index contributed by atoms with van der Waals surface area (Å²) in [6, 6.07) is 10.3. The quantitative estimate of drug-likeness (QED) is 0.704. The molecule has 0 saturated carbocycles. The number of amides is 2. The minimum atomic E-state index is -0.433. The maximum atomic E-state index is 14.0. The van der Waals surface area contributed by atoms with Gasteiger partial charge in [0.1, 0.15) is 11.6 Å². The van der Waals surface area contributed by atoms with Crippen LogP contribution < -0.4 is 5.32 Å². The van der Waals surface area contributed by atoms with Crippen molar-refractivity contribution in [3.8, 4) is 0 Å². The summed E-state index contributed by atoms with van der Waals surface area (Å²) in [5.41, 5.74) is 0.837. The molecule has 1 fully saturated rings. The van der Waals surface area contributed by atoms with Crippen LogP contribution in [-0.2, 0) is 16.1 Å². The largest absolute Gasteiger partial charge is 0.339 e. The van der Waals surface area contributed by atoms with Crippen LogP contribution in [0.5, 0.6) is 0 Å². The first-order valence-corrected chi connectivity index (χ1v) is 10.4. The third kappa shape index (κ3) is 6.72. The van der Waals surface area contributed by atoms with Gasteiger partial charge in [0.05, 0.1) is 13.1 Å². The number of hydrogen-bond acceptors (Lipinski definition) is 4. The minimum absolute atomic E-state index is 0.00794. The summed E-state index contributed by atoms with van der Waals surface area (Å²) in [7, 11) is 1.68. The summed E-state index contributed by atoms with van der Waals surface area (Å²) in [6.07, 6.45) is 0. The SMILES string of the molecule is CN(CC(=O)Nc1cccc(F)c1)CC(=O)N1CCN(Cc2c(F)cccc2Cl)CC1. The minimum Gasteiger partial charge on any atom is -0.339 e. The molecule has 1 aliphatic rings. The molecule has 3 rings (SSSR count). The summed E-state index contributed by atoms with van der Waals surface area (Å²) in [5, 5.41) is 3.01. The van der Waals surface area contributed by atoms with Crippen molar-refractivity contribution >= 4 is 29.1 Å². The van der Waals surface area contributed by atoms with Gasteiger partial charge in [0.2, 0.25) is 11.8 Å². The Labute approximate surface area is 185 Å². The maximum Gasteiger partial charge on any atom is 0.238 e. The van der Waals surface area contributed by atoms with Gasteiger partial charge in [-0.25, -0.2) is 8.78 Å². The van der Waals surface area contributed by atoms with Crippen LogP contribution in [0.15, 0.2) is 42.5 Å². The highest BCUT2D eigenvalue weighted by atomic mass is 35.5. The lowest BCUT2D eigenvalue weighted by Gasteiger charge is -2.35. The third-order valence-electron chi connectivity index (χ3n) is 5.10. The Morgan fingerprint density at radius 1 is 1.06 bits per heavy atom. The Balaban J connectivity index is 1.42. The van der Waals surface area contributed by atoms with E-state index in [4.69, 9.17) is 11.6 Å². The van der Waals surface area contributed by atoms with E-state index in [-0.39, 0.29) is 30.7 Å². The molecule has 0 unspecified atom stereocenters. The van der Waals surface area contributed by atoms with Crippen molar-refractivity contribution in [1.29, 1.82) is 0 Å². The molecule has 166 valence electrons. The molecule has 9 heteroatoms. The highest BCUT2D eigenvalue weighted by Crippen LogP contribution is 2.21. The van der Waals surface area contributed by atoms with E-state index in [2.05, 4.69) is 10.2 Å². The number of anilines is 1. The smallest absolute Gasteiger partial charge is 0.238 e. The number of nitrogens with zero attached hydrogens (tertiary/aromatic N) is 3. The van der Waals surface area contributed by atoms with E-state index in [1.54, 1.807) is 35.0 Å². The van der Waals surface area contributed by atoms with Gasteiger partial charge in [-0.1, -0.05) is 23.7 Å². The molecule has 2 aromatic carbocycles. The Morgan fingerprint density at radius 3 is 2.45 bits per heavy atom. The summed E-state index contributed by atoms with van der Waals surface area (Å²) in [6.45, 7) is 2.76. The summed E-state index contributed by atoms with van der Waals surface area (Å²) < 4.78 is 27.2. The maximum absolute atomic E-state index is 14.0. The van der Waals surface area contributed by atoms with Crippen LogP contribution >= 0.6 is 11.6 Å². The molecule has 1 saturated heterocycles. The number of likely N-dealkylation sites (N-methyl/N-ethyl adjacent to an activating group) is 1. The van der Waals surface area contributed by atoms with E-state index in [9.17, 15) is 18.4 Å². The van der Waals surface area contributed by atoms with Crippen molar-refractivity contribution in [3.63, 3.8) is 0 Å². The van der Waals surface area contributed by atoms with Crippen LogP contribution in [0.2, 0.25) is 5.02 Å². The molecular weight excluding hydrogens is 426 g/mol. The van der Waals surface area contributed by atoms with Gasteiger partial charge in [0, 0.05) is 49.0 Å². The molecule has 31 heavy (non-hydrogen) atoms. The van der Waals surface area contributed by atoms with Crippen molar-refractivity contribution in [2.75, 3.05) is 51.6 Å². The molecule has 0 bridgehead atoms. The molecule has 0 aliphatic carbocycles. The average molecular weight is 451 g/mol.